The van der Waals surface area contributed by atoms with Gasteiger partial charge in [0.05, 0.1) is 23.5 Å². The summed E-state index contributed by atoms with van der Waals surface area (Å²) in [6, 6.07) is 22.7. The second-order valence-electron chi connectivity index (χ2n) is 8.73. The van der Waals surface area contributed by atoms with Gasteiger partial charge in [-0.05, 0) is 53.1 Å². The average Bonchev–Trinajstić information content (AvgIpc) is 3.31. The van der Waals surface area contributed by atoms with E-state index in [2.05, 4.69) is 45.2 Å². The maximum Gasteiger partial charge on any atom is 0.254 e. The topological polar surface area (TPSA) is 86.4 Å². The third-order valence-electron chi connectivity index (χ3n) is 6.26. The monoisotopic (exact) mass is 558 g/mol. The first kappa shape index (κ1) is 28.2. The number of fused-ring (bicyclic) bond motifs is 1. The molecule has 1 aliphatic heterocycles. The number of hydrogen-bond acceptors (Lipinski definition) is 5. The van der Waals surface area contributed by atoms with Gasteiger partial charge in [0.25, 0.3) is 5.91 Å². The highest BCUT2D eigenvalue weighted by Crippen LogP contribution is 2.31. The molecule has 5 rings (SSSR count). The second kappa shape index (κ2) is 11.8. The first-order valence-corrected chi connectivity index (χ1v) is 13.3. The smallest absolute Gasteiger partial charge is 0.254 e. The van der Waals surface area contributed by atoms with Gasteiger partial charge in [0.2, 0.25) is 0 Å². The van der Waals surface area contributed by atoms with Gasteiger partial charge in [-0.15, -0.1) is 24.8 Å². The van der Waals surface area contributed by atoms with Gasteiger partial charge >= 0.3 is 0 Å². The standard InChI is InChI=1S/C27H26N4O3S.2ClH/c1-35(33,34)25-10-7-21(8-11-25)27(32)31-14-13-30(18-24-16-28-19-29-24)26-12-9-22(15-23(26)17-31)20-5-3-2-4-6-20;;/h2-12,15-16,19H,13-14,17-18H2,1H3,(H,28,29);2*1H. The SMILES string of the molecule is CS(=O)(=O)c1ccc(C(=O)N2CCN(Cc3cnc[nH]3)c3ccc(-c4ccccc4)cc3C2)cc1.Cl.Cl. The number of benzene rings is 3. The number of amides is 1. The molecule has 194 valence electrons. The van der Waals surface area contributed by atoms with Crippen LogP contribution in [0.4, 0.5) is 5.69 Å². The van der Waals surface area contributed by atoms with Crippen molar-refractivity contribution in [2.75, 3.05) is 24.2 Å². The number of carbonyl (C=O) groups is 1. The summed E-state index contributed by atoms with van der Waals surface area (Å²) in [4.78, 5) is 25.0. The fraction of sp³-hybridized carbons (Fsp3) is 0.185. The van der Waals surface area contributed by atoms with Gasteiger partial charge in [0.15, 0.2) is 9.84 Å². The molecule has 0 fully saturated rings. The summed E-state index contributed by atoms with van der Waals surface area (Å²) >= 11 is 0. The number of aromatic amines is 1. The molecule has 1 amide bonds. The summed E-state index contributed by atoms with van der Waals surface area (Å²) in [7, 11) is -3.32. The van der Waals surface area contributed by atoms with Crippen LogP contribution in [0.3, 0.4) is 0 Å². The van der Waals surface area contributed by atoms with Crippen molar-refractivity contribution in [3.63, 3.8) is 0 Å². The molecule has 0 aliphatic carbocycles. The summed E-state index contributed by atoms with van der Waals surface area (Å²) in [5.74, 6) is -0.121. The van der Waals surface area contributed by atoms with Gasteiger partial charge in [-0.2, -0.15) is 0 Å². The van der Waals surface area contributed by atoms with Gasteiger partial charge in [-0.3, -0.25) is 4.79 Å². The van der Waals surface area contributed by atoms with Crippen molar-refractivity contribution < 1.29 is 13.2 Å². The number of anilines is 1. The Labute approximate surface area is 229 Å². The van der Waals surface area contributed by atoms with Crippen molar-refractivity contribution in [3.8, 4) is 11.1 Å². The molecule has 3 aromatic carbocycles. The van der Waals surface area contributed by atoms with Crippen molar-refractivity contribution in [1.82, 2.24) is 14.9 Å². The zero-order valence-corrected chi connectivity index (χ0v) is 22.7. The van der Waals surface area contributed by atoms with Crippen molar-refractivity contribution in [2.24, 2.45) is 0 Å². The van der Waals surface area contributed by atoms with Crippen LogP contribution in [0.5, 0.6) is 0 Å². The predicted octanol–water partition coefficient (Wildman–Crippen LogP) is 4.99. The van der Waals surface area contributed by atoms with Crippen LogP contribution in [0, 0.1) is 0 Å². The first-order chi connectivity index (χ1) is 16.9. The van der Waals surface area contributed by atoms with Crippen LogP contribution in [0.15, 0.2) is 90.2 Å². The van der Waals surface area contributed by atoms with E-state index in [1.165, 1.54) is 12.1 Å². The molecule has 1 aromatic heterocycles. The lowest BCUT2D eigenvalue weighted by molar-refractivity contribution is 0.0751. The summed E-state index contributed by atoms with van der Waals surface area (Å²) in [6.07, 6.45) is 4.64. The number of halogens is 2. The van der Waals surface area contributed by atoms with E-state index >= 15 is 0 Å². The highest BCUT2D eigenvalue weighted by Gasteiger charge is 2.25. The van der Waals surface area contributed by atoms with Crippen LogP contribution in [0.2, 0.25) is 0 Å². The normalized spacial score (nSPS) is 13.1. The molecule has 1 N–H and O–H groups in total. The molecule has 7 nitrogen and oxygen atoms in total. The molecule has 0 saturated heterocycles. The minimum Gasteiger partial charge on any atom is -0.364 e. The van der Waals surface area contributed by atoms with Crippen LogP contribution in [-0.2, 0) is 22.9 Å². The lowest BCUT2D eigenvalue weighted by atomic mass is 10.0. The predicted molar refractivity (Wildman–Crippen MR) is 150 cm³/mol. The summed E-state index contributed by atoms with van der Waals surface area (Å²) in [6.45, 7) is 2.31. The van der Waals surface area contributed by atoms with Gasteiger partial charge in [0.1, 0.15) is 0 Å². The van der Waals surface area contributed by atoms with Crippen LogP contribution in [0.1, 0.15) is 21.6 Å². The zero-order valence-electron chi connectivity index (χ0n) is 20.2. The minimum absolute atomic E-state index is 0. The van der Waals surface area contributed by atoms with Crippen molar-refractivity contribution in [3.05, 3.63) is 102 Å². The molecule has 0 saturated carbocycles. The maximum atomic E-state index is 13.4. The van der Waals surface area contributed by atoms with E-state index in [-0.39, 0.29) is 35.6 Å². The summed E-state index contributed by atoms with van der Waals surface area (Å²) in [5, 5.41) is 0. The molecule has 0 atom stereocenters. The Morgan fingerprint density at radius 1 is 0.946 bits per heavy atom. The molecule has 0 bridgehead atoms. The molecule has 2 heterocycles. The number of sulfone groups is 1. The quantitative estimate of drug-likeness (QED) is 0.373. The zero-order chi connectivity index (χ0) is 24.4. The van der Waals surface area contributed by atoms with Gasteiger partial charge < -0.3 is 14.8 Å². The Morgan fingerprint density at radius 2 is 1.68 bits per heavy atom. The Morgan fingerprint density at radius 3 is 2.32 bits per heavy atom. The van der Waals surface area contributed by atoms with Gasteiger partial charge in [-0.25, -0.2) is 13.4 Å². The minimum atomic E-state index is -3.32. The molecule has 10 heteroatoms. The number of rotatable bonds is 5. The van der Waals surface area contributed by atoms with Gasteiger partial charge in [-0.1, -0.05) is 36.4 Å². The maximum absolute atomic E-state index is 13.4. The Bertz CT molecular complexity index is 1450. The van der Waals surface area contributed by atoms with Crippen molar-refractivity contribution in [2.45, 2.75) is 18.0 Å². The van der Waals surface area contributed by atoms with E-state index in [1.54, 1.807) is 18.5 Å². The van der Waals surface area contributed by atoms with Gasteiger partial charge in [0, 0.05) is 43.3 Å². The molecule has 0 unspecified atom stereocenters. The molecular weight excluding hydrogens is 531 g/mol. The molecule has 37 heavy (non-hydrogen) atoms. The van der Waals surface area contributed by atoms with Crippen molar-refractivity contribution >= 4 is 46.2 Å². The van der Waals surface area contributed by atoms with Crippen molar-refractivity contribution in [1.29, 1.82) is 0 Å². The summed E-state index contributed by atoms with van der Waals surface area (Å²) < 4.78 is 23.6. The van der Waals surface area contributed by atoms with E-state index in [4.69, 9.17) is 0 Å². The third kappa shape index (κ3) is 6.33. The lowest BCUT2D eigenvalue weighted by Gasteiger charge is -2.24. The summed E-state index contributed by atoms with van der Waals surface area (Å²) in [5.41, 5.74) is 5.83. The molecular formula is C27H28Cl2N4O3S. The largest absolute Gasteiger partial charge is 0.364 e. The van der Waals surface area contributed by atoms with E-state index in [1.807, 2.05) is 29.3 Å². The Kier molecular flexibility index (Phi) is 9.02. The Hall–Kier alpha value is -3.33. The second-order valence-corrected chi connectivity index (χ2v) is 10.7. The van der Waals surface area contributed by atoms with E-state index in [0.717, 1.165) is 34.3 Å². The number of H-pyrrole nitrogens is 1. The lowest BCUT2D eigenvalue weighted by Crippen LogP contribution is -2.35. The molecule has 0 spiro atoms. The van der Waals surface area contributed by atoms with Crippen LogP contribution in [0.25, 0.3) is 11.1 Å². The van der Waals surface area contributed by atoms with E-state index < -0.39 is 9.84 Å². The number of nitrogens with zero attached hydrogens (tertiary/aromatic N) is 3. The van der Waals surface area contributed by atoms with Crippen LogP contribution >= 0.6 is 24.8 Å². The highest BCUT2D eigenvalue weighted by atomic mass is 35.5. The van der Waals surface area contributed by atoms with Crippen LogP contribution in [-0.4, -0.2) is 48.5 Å². The van der Waals surface area contributed by atoms with E-state index in [0.29, 0.717) is 31.7 Å². The fourth-order valence-electron chi connectivity index (χ4n) is 4.42. The number of carbonyl (C=O) groups excluding carboxylic acids is 1. The average molecular weight is 560 g/mol. The van der Waals surface area contributed by atoms with Crippen LogP contribution < -0.4 is 4.90 Å². The number of aromatic nitrogens is 2. The Balaban J connectivity index is 0.00000190. The first-order valence-electron chi connectivity index (χ1n) is 11.4. The molecule has 4 aromatic rings. The molecule has 1 aliphatic rings. The number of hydrogen-bond donors (Lipinski definition) is 1. The number of imidazole rings is 1. The third-order valence-corrected chi connectivity index (χ3v) is 7.39. The number of nitrogens with one attached hydrogen (secondary N) is 1. The van der Waals surface area contributed by atoms with E-state index in [9.17, 15) is 13.2 Å². The highest BCUT2D eigenvalue weighted by molar-refractivity contribution is 7.90. The fourth-order valence-corrected chi connectivity index (χ4v) is 5.05. The molecule has 0 radical (unpaired) electrons.